The molecule has 0 spiro atoms. The topological polar surface area (TPSA) is 30.9 Å². The molecular formula is C17H17ClN3O+. The second-order valence-corrected chi connectivity index (χ2v) is 6.25. The van der Waals surface area contributed by atoms with Gasteiger partial charge in [-0.25, -0.2) is 9.55 Å². The maximum atomic E-state index is 6.09. The Morgan fingerprint density at radius 2 is 2.18 bits per heavy atom. The number of halogens is 1. The van der Waals surface area contributed by atoms with Crippen molar-refractivity contribution in [1.82, 2.24) is 9.55 Å². The van der Waals surface area contributed by atoms with Gasteiger partial charge in [-0.05, 0) is 25.0 Å². The van der Waals surface area contributed by atoms with E-state index in [1.165, 1.54) is 0 Å². The van der Waals surface area contributed by atoms with Crippen molar-refractivity contribution in [1.29, 1.82) is 0 Å². The van der Waals surface area contributed by atoms with Crippen LogP contribution in [-0.4, -0.2) is 15.7 Å². The van der Waals surface area contributed by atoms with Gasteiger partial charge in [-0.3, -0.25) is 0 Å². The Balaban J connectivity index is 1.89. The van der Waals surface area contributed by atoms with Crippen LogP contribution in [0.3, 0.4) is 0 Å². The van der Waals surface area contributed by atoms with E-state index in [0.717, 1.165) is 40.8 Å². The van der Waals surface area contributed by atoms with Gasteiger partial charge in [0, 0.05) is 18.5 Å². The fraction of sp³-hybridized carbons (Fsp3) is 0.294. The predicted molar refractivity (Wildman–Crippen MR) is 86.0 cm³/mol. The Morgan fingerprint density at radius 1 is 1.36 bits per heavy atom. The van der Waals surface area contributed by atoms with Crippen LogP contribution in [0.15, 0.2) is 36.8 Å². The molecular weight excluding hydrogens is 298 g/mol. The van der Waals surface area contributed by atoms with Crippen LogP contribution in [0.4, 0.5) is 0 Å². The van der Waals surface area contributed by atoms with Crippen LogP contribution in [0.2, 0.25) is 5.15 Å². The summed E-state index contributed by atoms with van der Waals surface area (Å²) in [6.07, 6.45) is 8.55. The molecule has 0 radical (unpaired) electrons. The van der Waals surface area contributed by atoms with Crippen molar-refractivity contribution in [3.63, 3.8) is 0 Å². The summed E-state index contributed by atoms with van der Waals surface area (Å²) in [6.45, 7) is 0. The van der Waals surface area contributed by atoms with E-state index in [4.69, 9.17) is 16.3 Å². The van der Waals surface area contributed by atoms with Crippen molar-refractivity contribution in [2.75, 3.05) is 0 Å². The molecule has 5 heteroatoms. The van der Waals surface area contributed by atoms with Gasteiger partial charge in [0.05, 0.1) is 29.1 Å². The van der Waals surface area contributed by atoms with Gasteiger partial charge in [-0.2, -0.15) is 0 Å². The number of hydrogen-bond donors (Lipinski definition) is 0. The molecule has 0 aliphatic heterocycles. The number of rotatable bonds is 3. The molecule has 0 aromatic carbocycles. The highest BCUT2D eigenvalue weighted by Gasteiger charge is 2.26. The lowest BCUT2D eigenvalue weighted by molar-refractivity contribution is -0.671. The van der Waals surface area contributed by atoms with Crippen LogP contribution < -0.4 is 9.30 Å². The number of ether oxygens (including phenoxy) is 1. The summed E-state index contributed by atoms with van der Waals surface area (Å²) in [4.78, 5) is 4.18. The van der Waals surface area contributed by atoms with Crippen molar-refractivity contribution in [3.05, 3.63) is 41.9 Å². The first-order valence-electron chi connectivity index (χ1n) is 7.39. The third kappa shape index (κ3) is 2.33. The van der Waals surface area contributed by atoms with Gasteiger partial charge < -0.3 is 9.30 Å². The van der Waals surface area contributed by atoms with E-state index >= 15 is 0 Å². The molecule has 3 heterocycles. The SMILES string of the molecule is Cn1c(-c2cc[n+](C)cc2OC2CC2)cc2cc(Cl)ncc21. The maximum absolute atomic E-state index is 6.09. The lowest BCUT2D eigenvalue weighted by atomic mass is 10.1. The van der Waals surface area contributed by atoms with Crippen molar-refractivity contribution in [2.24, 2.45) is 14.1 Å². The largest absolute Gasteiger partial charge is 0.484 e. The van der Waals surface area contributed by atoms with E-state index in [1.54, 1.807) is 0 Å². The zero-order valence-corrected chi connectivity index (χ0v) is 13.3. The molecule has 0 bridgehead atoms. The molecule has 1 aliphatic rings. The van der Waals surface area contributed by atoms with E-state index in [0.29, 0.717) is 11.3 Å². The highest BCUT2D eigenvalue weighted by Crippen LogP contribution is 2.36. The van der Waals surface area contributed by atoms with Gasteiger partial charge in [0.25, 0.3) is 0 Å². The summed E-state index contributed by atoms with van der Waals surface area (Å²) in [5.74, 6) is 0.928. The van der Waals surface area contributed by atoms with Crippen molar-refractivity contribution >= 4 is 22.5 Å². The zero-order chi connectivity index (χ0) is 15.3. The number of hydrogen-bond acceptors (Lipinski definition) is 2. The average molecular weight is 315 g/mol. The molecule has 0 N–H and O–H groups in total. The zero-order valence-electron chi connectivity index (χ0n) is 12.6. The summed E-state index contributed by atoms with van der Waals surface area (Å²) in [6, 6.07) is 6.13. The summed E-state index contributed by atoms with van der Waals surface area (Å²) in [5, 5.41) is 1.60. The van der Waals surface area contributed by atoms with Crippen LogP contribution in [0.1, 0.15) is 12.8 Å². The molecule has 112 valence electrons. The van der Waals surface area contributed by atoms with Crippen molar-refractivity contribution < 1.29 is 9.30 Å². The second kappa shape index (κ2) is 4.99. The minimum atomic E-state index is 0.368. The van der Waals surface area contributed by atoms with Crippen LogP contribution in [-0.2, 0) is 14.1 Å². The Hall–Kier alpha value is -2.07. The summed E-state index contributed by atoms with van der Waals surface area (Å²) in [7, 11) is 4.05. The third-order valence-electron chi connectivity index (χ3n) is 4.05. The highest BCUT2D eigenvalue weighted by molar-refractivity contribution is 6.30. The van der Waals surface area contributed by atoms with Crippen LogP contribution in [0.25, 0.3) is 22.2 Å². The molecule has 3 aromatic heterocycles. The van der Waals surface area contributed by atoms with E-state index < -0.39 is 0 Å². The predicted octanol–water partition coefficient (Wildman–Crippen LogP) is 3.26. The fourth-order valence-corrected chi connectivity index (χ4v) is 2.87. The van der Waals surface area contributed by atoms with Crippen LogP contribution in [0, 0.1) is 0 Å². The van der Waals surface area contributed by atoms with Gasteiger partial charge in [-0.15, -0.1) is 0 Å². The van der Waals surface area contributed by atoms with Gasteiger partial charge in [-0.1, -0.05) is 11.6 Å². The Bertz CT molecular complexity index is 868. The first kappa shape index (κ1) is 13.6. The molecule has 4 nitrogen and oxygen atoms in total. The number of nitrogens with zero attached hydrogens (tertiary/aromatic N) is 3. The average Bonchev–Trinajstić information content (AvgIpc) is 3.23. The lowest BCUT2D eigenvalue weighted by Crippen LogP contribution is -2.27. The molecule has 0 unspecified atom stereocenters. The van der Waals surface area contributed by atoms with E-state index in [2.05, 4.69) is 21.7 Å². The normalized spacial score (nSPS) is 14.5. The molecule has 4 rings (SSSR count). The summed E-state index contributed by atoms with van der Waals surface area (Å²) < 4.78 is 10.2. The minimum Gasteiger partial charge on any atom is -0.484 e. The first-order chi connectivity index (χ1) is 10.6. The quantitative estimate of drug-likeness (QED) is 0.549. The number of pyridine rings is 2. The van der Waals surface area contributed by atoms with Gasteiger partial charge in [0.1, 0.15) is 12.2 Å². The Morgan fingerprint density at radius 3 is 2.95 bits per heavy atom. The standard InChI is InChI=1S/C17H17ClN3O/c1-20-6-5-13(16(10-20)22-12-3-4-12)14-7-11-8-17(18)19-9-15(11)21(14)2/h5-10,12H,3-4H2,1-2H3/q+1. The molecule has 0 amide bonds. The maximum Gasteiger partial charge on any atom is 0.211 e. The van der Waals surface area contributed by atoms with Crippen molar-refractivity contribution in [2.45, 2.75) is 18.9 Å². The van der Waals surface area contributed by atoms with E-state index in [-0.39, 0.29) is 0 Å². The third-order valence-corrected chi connectivity index (χ3v) is 4.26. The molecule has 0 saturated heterocycles. The molecule has 22 heavy (non-hydrogen) atoms. The molecule has 1 aliphatic carbocycles. The number of aromatic nitrogens is 3. The molecule has 1 saturated carbocycles. The smallest absolute Gasteiger partial charge is 0.211 e. The summed E-state index contributed by atoms with van der Waals surface area (Å²) in [5.41, 5.74) is 3.26. The van der Waals surface area contributed by atoms with Crippen LogP contribution in [0.5, 0.6) is 5.75 Å². The number of fused-ring (bicyclic) bond motifs is 1. The molecule has 1 fully saturated rings. The monoisotopic (exact) mass is 314 g/mol. The lowest BCUT2D eigenvalue weighted by Gasteiger charge is -2.10. The van der Waals surface area contributed by atoms with Gasteiger partial charge in [0.15, 0.2) is 11.9 Å². The Kier molecular flexibility index (Phi) is 3.08. The second-order valence-electron chi connectivity index (χ2n) is 5.86. The molecule has 3 aromatic rings. The first-order valence-corrected chi connectivity index (χ1v) is 7.77. The number of aryl methyl sites for hydroxylation is 2. The van der Waals surface area contributed by atoms with E-state index in [1.807, 2.05) is 43.3 Å². The molecule has 0 atom stereocenters. The minimum absolute atomic E-state index is 0.368. The Labute approximate surface area is 133 Å². The van der Waals surface area contributed by atoms with Crippen molar-refractivity contribution in [3.8, 4) is 17.0 Å². The summed E-state index contributed by atoms with van der Waals surface area (Å²) >= 11 is 6.01. The van der Waals surface area contributed by atoms with Gasteiger partial charge in [0.2, 0.25) is 6.20 Å². The van der Waals surface area contributed by atoms with E-state index in [9.17, 15) is 0 Å². The van der Waals surface area contributed by atoms with Gasteiger partial charge >= 0.3 is 0 Å². The highest BCUT2D eigenvalue weighted by atomic mass is 35.5. The fourth-order valence-electron chi connectivity index (χ4n) is 2.71. The van der Waals surface area contributed by atoms with Crippen LogP contribution >= 0.6 is 11.6 Å².